The van der Waals surface area contributed by atoms with E-state index in [1.54, 1.807) is 0 Å². The summed E-state index contributed by atoms with van der Waals surface area (Å²) in [6.45, 7) is 3.10. The van der Waals surface area contributed by atoms with Gasteiger partial charge in [-0.15, -0.1) is 0 Å². The maximum Gasteiger partial charge on any atom is 0.205 e. The van der Waals surface area contributed by atoms with Crippen molar-refractivity contribution in [3.05, 3.63) is 36.2 Å². The molecule has 0 spiro atoms. The third kappa shape index (κ3) is 3.96. The Labute approximate surface area is 123 Å². The van der Waals surface area contributed by atoms with Gasteiger partial charge in [0.2, 0.25) is 5.75 Å². The Bertz CT molecular complexity index is 591. The van der Waals surface area contributed by atoms with Gasteiger partial charge in [0.05, 0.1) is 13.7 Å². The molecule has 4 N–H and O–H groups in total. The molecule has 7 heteroatoms. The number of hydrogen-bond donors (Lipinski definition) is 3. The molecular weight excluding hydrogens is 270 g/mol. The van der Waals surface area contributed by atoms with Crippen molar-refractivity contribution in [2.24, 2.45) is 5.84 Å². The fourth-order valence-corrected chi connectivity index (χ4v) is 1.84. The van der Waals surface area contributed by atoms with Gasteiger partial charge < -0.3 is 20.2 Å². The Balaban J connectivity index is 1.89. The molecule has 2 aromatic rings. The summed E-state index contributed by atoms with van der Waals surface area (Å²) in [5.74, 6) is 7.67. The van der Waals surface area contributed by atoms with Crippen molar-refractivity contribution in [2.45, 2.75) is 6.92 Å². The third-order valence-corrected chi connectivity index (χ3v) is 2.80. The molecule has 2 rings (SSSR count). The van der Waals surface area contributed by atoms with Crippen LogP contribution in [0.5, 0.6) is 11.5 Å². The highest BCUT2D eigenvalue weighted by atomic mass is 16.5. The largest absolute Gasteiger partial charge is 0.492 e. The zero-order valence-electron chi connectivity index (χ0n) is 12.1. The molecule has 0 radical (unpaired) electrons. The van der Waals surface area contributed by atoms with Gasteiger partial charge in [0.1, 0.15) is 18.7 Å². The van der Waals surface area contributed by atoms with Crippen molar-refractivity contribution in [3.63, 3.8) is 0 Å². The topological polar surface area (TPSA) is 94.3 Å². The number of hydrogen-bond acceptors (Lipinski definition) is 7. The minimum Gasteiger partial charge on any atom is -0.492 e. The zero-order valence-corrected chi connectivity index (χ0v) is 12.1. The fraction of sp³-hybridized carbons (Fsp3) is 0.286. The minimum atomic E-state index is 0.426. The van der Waals surface area contributed by atoms with E-state index in [1.165, 1.54) is 13.4 Å². The summed E-state index contributed by atoms with van der Waals surface area (Å²) in [4.78, 5) is 8.09. The van der Waals surface area contributed by atoms with Crippen molar-refractivity contribution in [1.82, 2.24) is 9.97 Å². The first-order chi connectivity index (χ1) is 10.2. The van der Waals surface area contributed by atoms with Gasteiger partial charge in [-0.05, 0) is 24.6 Å². The summed E-state index contributed by atoms with van der Waals surface area (Å²) >= 11 is 0. The van der Waals surface area contributed by atoms with E-state index in [1.807, 2.05) is 31.2 Å². The molecule has 7 nitrogen and oxygen atoms in total. The summed E-state index contributed by atoms with van der Waals surface area (Å²) in [5, 5.41) is 3.13. The molecule has 0 aliphatic rings. The quantitative estimate of drug-likeness (QED) is 0.404. The molecule has 0 bridgehead atoms. The number of methoxy groups -OCH3 is 1. The summed E-state index contributed by atoms with van der Waals surface area (Å²) in [5.41, 5.74) is 3.63. The highest BCUT2D eigenvalue weighted by molar-refractivity contribution is 5.62. The van der Waals surface area contributed by atoms with Crippen LogP contribution >= 0.6 is 0 Å². The Morgan fingerprint density at radius 1 is 1.24 bits per heavy atom. The van der Waals surface area contributed by atoms with E-state index in [9.17, 15) is 0 Å². The number of ether oxygens (including phenoxy) is 2. The van der Waals surface area contributed by atoms with Crippen molar-refractivity contribution in [2.75, 3.05) is 31.0 Å². The van der Waals surface area contributed by atoms with Crippen molar-refractivity contribution in [3.8, 4) is 11.5 Å². The van der Waals surface area contributed by atoms with Gasteiger partial charge >= 0.3 is 0 Å². The Morgan fingerprint density at radius 2 is 2.05 bits per heavy atom. The van der Waals surface area contributed by atoms with Gasteiger partial charge in [0, 0.05) is 0 Å². The lowest BCUT2D eigenvalue weighted by atomic mass is 10.2. The number of rotatable bonds is 7. The molecule has 0 atom stereocenters. The van der Waals surface area contributed by atoms with Gasteiger partial charge in [-0.1, -0.05) is 12.1 Å². The van der Waals surface area contributed by atoms with Gasteiger partial charge in [0.15, 0.2) is 11.6 Å². The number of nitrogens with zero attached hydrogens (tertiary/aromatic N) is 2. The van der Waals surface area contributed by atoms with Crippen molar-refractivity contribution < 1.29 is 9.47 Å². The lowest BCUT2D eigenvalue weighted by Gasteiger charge is -2.13. The monoisotopic (exact) mass is 289 g/mol. The predicted octanol–water partition coefficient (Wildman–Crippen LogP) is 1.57. The number of nitrogens with one attached hydrogen (secondary N) is 2. The van der Waals surface area contributed by atoms with Crippen molar-refractivity contribution >= 4 is 11.6 Å². The number of aromatic nitrogens is 2. The molecular formula is C14H19N5O2. The van der Waals surface area contributed by atoms with Crippen LogP contribution in [0.25, 0.3) is 0 Å². The second kappa shape index (κ2) is 7.30. The molecule has 0 amide bonds. The van der Waals surface area contributed by atoms with Crippen LogP contribution in [0.4, 0.5) is 11.6 Å². The lowest BCUT2D eigenvalue weighted by molar-refractivity contribution is 0.332. The number of anilines is 2. The third-order valence-electron chi connectivity index (χ3n) is 2.80. The average molecular weight is 289 g/mol. The van der Waals surface area contributed by atoms with Gasteiger partial charge in [-0.2, -0.15) is 0 Å². The maximum atomic E-state index is 5.65. The fourth-order valence-electron chi connectivity index (χ4n) is 1.84. The van der Waals surface area contributed by atoms with Gasteiger partial charge in [-0.25, -0.2) is 15.8 Å². The molecule has 0 aliphatic carbocycles. The van der Waals surface area contributed by atoms with Gasteiger partial charge in [-0.3, -0.25) is 0 Å². The van der Waals surface area contributed by atoms with Crippen LogP contribution in [0.15, 0.2) is 30.6 Å². The van der Waals surface area contributed by atoms with E-state index in [4.69, 9.17) is 15.3 Å². The second-order valence-corrected chi connectivity index (χ2v) is 4.34. The first-order valence-corrected chi connectivity index (χ1v) is 6.53. The van der Waals surface area contributed by atoms with Crippen LogP contribution in [0.3, 0.4) is 0 Å². The second-order valence-electron chi connectivity index (χ2n) is 4.34. The molecule has 0 unspecified atom stereocenters. The summed E-state index contributed by atoms with van der Waals surface area (Å²) < 4.78 is 10.9. The van der Waals surface area contributed by atoms with E-state index in [0.29, 0.717) is 30.5 Å². The maximum absolute atomic E-state index is 5.65. The van der Waals surface area contributed by atoms with Crippen LogP contribution in [0.1, 0.15) is 5.56 Å². The van der Waals surface area contributed by atoms with Crippen LogP contribution in [-0.2, 0) is 0 Å². The Morgan fingerprint density at radius 3 is 2.76 bits per heavy atom. The van der Waals surface area contributed by atoms with Crippen LogP contribution in [0.2, 0.25) is 0 Å². The first kappa shape index (κ1) is 14.9. The Hall–Kier alpha value is -2.54. The number of nitrogens with two attached hydrogens (primary N) is 1. The van der Waals surface area contributed by atoms with E-state index in [2.05, 4.69) is 20.7 Å². The van der Waals surface area contributed by atoms with E-state index in [0.717, 1.165) is 11.3 Å². The molecule has 112 valence electrons. The molecule has 1 heterocycles. The highest BCUT2D eigenvalue weighted by Crippen LogP contribution is 2.27. The number of aryl methyl sites for hydroxylation is 1. The smallest absolute Gasteiger partial charge is 0.205 e. The normalized spacial score (nSPS) is 10.0. The lowest BCUT2D eigenvalue weighted by Crippen LogP contribution is -2.15. The molecule has 0 saturated heterocycles. The average Bonchev–Trinajstić information content (AvgIpc) is 2.51. The van der Waals surface area contributed by atoms with E-state index < -0.39 is 0 Å². The van der Waals surface area contributed by atoms with Crippen LogP contribution in [0, 0.1) is 6.92 Å². The first-order valence-electron chi connectivity index (χ1n) is 6.53. The predicted molar refractivity (Wildman–Crippen MR) is 81.6 cm³/mol. The van der Waals surface area contributed by atoms with E-state index in [-0.39, 0.29) is 0 Å². The van der Waals surface area contributed by atoms with Crippen LogP contribution < -0.4 is 26.1 Å². The summed E-state index contributed by atoms with van der Waals surface area (Å²) in [6, 6.07) is 7.90. The SMILES string of the molecule is COc1c(NN)ncnc1NCCOc1cccc(C)c1. The molecule has 1 aromatic carbocycles. The van der Waals surface area contributed by atoms with Crippen LogP contribution in [-0.4, -0.2) is 30.2 Å². The molecule has 21 heavy (non-hydrogen) atoms. The summed E-state index contributed by atoms with van der Waals surface area (Å²) in [6.07, 6.45) is 1.40. The molecule has 0 aliphatic heterocycles. The number of benzene rings is 1. The Kier molecular flexibility index (Phi) is 5.16. The number of nitrogen functional groups attached to an aromatic ring is 1. The minimum absolute atomic E-state index is 0.426. The highest BCUT2D eigenvalue weighted by Gasteiger charge is 2.10. The summed E-state index contributed by atoms with van der Waals surface area (Å²) in [7, 11) is 1.54. The van der Waals surface area contributed by atoms with E-state index >= 15 is 0 Å². The zero-order chi connectivity index (χ0) is 15.1. The molecule has 0 fully saturated rings. The van der Waals surface area contributed by atoms with Gasteiger partial charge in [0.25, 0.3) is 0 Å². The standard InChI is InChI=1S/C14H19N5O2/c1-10-4-3-5-11(8-10)21-7-6-16-13-12(20-2)14(19-15)18-9-17-13/h3-5,8-9H,6-7,15H2,1-2H3,(H2,16,17,18,19). The molecule has 1 aromatic heterocycles. The number of hydrazine groups is 1. The van der Waals surface area contributed by atoms with Crippen molar-refractivity contribution in [1.29, 1.82) is 0 Å². The molecule has 0 saturated carbocycles.